The van der Waals surface area contributed by atoms with Crippen molar-refractivity contribution in [2.24, 2.45) is 0 Å². The minimum atomic E-state index is 0.402. The quantitative estimate of drug-likeness (QED) is 0.853. The van der Waals surface area contributed by atoms with E-state index in [1.54, 1.807) is 0 Å². The molecule has 0 aromatic heterocycles. The van der Waals surface area contributed by atoms with E-state index < -0.39 is 0 Å². The molecule has 100 valence electrons. The van der Waals surface area contributed by atoms with Crippen LogP contribution < -0.4 is 5.32 Å². The van der Waals surface area contributed by atoms with Gasteiger partial charge in [-0.15, -0.1) is 0 Å². The van der Waals surface area contributed by atoms with E-state index in [-0.39, 0.29) is 0 Å². The highest BCUT2D eigenvalue weighted by atomic mass is 35.5. The van der Waals surface area contributed by atoms with Crippen LogP contribution in [0.3, 0.4) is 0 Å². The maximum absolute atomic E-state index is 6.18. The predicted molar refractivity (Wildman–Crippen MR) is 82.6 cm³/mol. The monoisotopic (exact) mass is 273 g/mol. The van der Waals surface area contributed by atoms with E-state index in [0.29, 0.717) is 6.04 Å². The summed E-state index contributed by atoms with van der Waals surface area (Å²) >= 11 is 6.18. The van der Waals surface area contributed by atoms with Crippen LogP contribution in [-0.2, 0) is 13.0 Å². The topological polar surface area (TPSA) is 12.0 Å². The van der Waals surface area contributed by atoms with Crippen molar-refractivity contribution in [3.8, 4) is 0 Å². The van der Waals surface area contributed by atoms with Gasteiger partial charge in [-0.2, -0.15) is 0 Å². The van der Waals surface area contributed by atoms with Gasteiger partial charge in [-0.05, 0) is 43.0 Å². The largest absolute Gasteiger partial charge is 0.310 e. The summed E-state index contributed by atoms with van der Waals surface area (Å²) in [5, 5.41) is 4.41. The first-order chi connectivity index (χ1) is 9.16. The Hall–Kier alpha value is -1.31. The SMILES string of the molecule is Cc1ccccc1CNC(C)Cc1ccccc1Cl. The van der Waals surface area contributed by atoms with Crippen molar-refractivity contribution in [1.29, 1.82) is 0 Å². The van der Waals surface area contributed by atoms with Crippen molar-refractivity contribution in [2.45, 2.75) is 32.9 Å². The summed E-state index contributed by atoms with van der Waals surface area (Å²) in [7, 11) is 0. The Bertz CT molecular complexity index is 536. The molecule has 0 bridgehead atoms. The molecule has 1 N–H and O–H groups in total. The number of halogens is 1. The van der Waals surface area contributed by atoms with E-state index in [1.807, 2.05) is 18.2 Å². The van der Waals surface area contributed by atoms with Gasteiger partial charge in [0.2, 0.25) is 0 Å². The van der Waals surface area contributed by atoms with E-state index in [0.717, 1.165) is 18.0 Å². The van der Waals surface area contributed by atoms with Gasteiger partial charge in [-0.3, -0.25) is 0 Å². The number of hydrogen-bond acceptors (Lipinski definition) is 1. The van der Waals surface area contributed by atoms with Gasteiger partial charge in [0.25, 0.3) is 0 Å². The van der Waals surface area contributed by atoms with Gasteiger partial charge < -0.3 is 5.32 Å². The fourth-order valence-corrected chi connectivity index (χ4v) is 2.37. The molecule has 19 heavy (non-hydrogen) atoms. The van der Waals surface area contributed by atoms with Gasteiger partial charge in [0, 0.05) is 17.6 Å². The van der Waals surface area contributed by atoms with E-state index in [4.69, 9.17) is 11.6 Å². The first-order valence-corrected chi connectivity index (χ1v) is 7.06. The van der Waals surface area contributed by atoms with Crippen molar-refractivity contribution < 1.29 is 0 Å². The molecule has 0 aliphatic heterocycles. The van der Waals surface area contributed by atoms with Crippen molar-refractivity contribution in [3.05, 3.63) is 70.2 Å². The maximum Gasteiger partial charge on any atom is 0.0438 e. The van der Waals surface area contributed by atoms with Crippen LogP contribution in [0.4, 0.5) is 0 Å². The molecule has 0 aliphatic carbocycles. The van der Waals surface area contributed by atoms with Crippen LogP contribution in [0.25, 0.3) is 0 Å². The highest BCUT2D eigenvalue weighted by molar-refractivity contribution is 6.31. The first kappa shape index (κ1) is 14.1. The summed E-state index contributed by atoms with van der Waals surface area (Å²) in [6.07, 6.45) is 0.950. The summed E-state index contributed by atoms with van der Waals surface area (Å²) in [6, 6.07) is 16.9. The zero-order valence-corrected chi connectivity index (χ0v) is 12.2. The third kappa shape index (κ3) is 4.09. The minimum Gasteiger partial charge on any atom is -0.310 e. The summed E-state index contributed by atoms with van der Waals surface area (Å²) in [5.41, 5.74) is 3.89. The van der Waals surface area contributed by atoms with Crippen LogP contribution in [0, 0.1) is 6.92 Å². The second-order valence-corrected chi connectivity index (χ2v) is 5.41. The molecule has 0 aliphatic rings. The number of hydrogen-bond donors (Lipinski definition) is 1. The van der Waals surface area contributed by atoms with Crippen molar-refractivity contribution in [2.75, 3.05) is 0 Å². The maximum atomic E-state index is 6.18. The highest BCUT2D eigenvalue weighted by Gasteiger charge is 2.06. The second kappa shape index (κ2) is 6.74. The van der Waals surface area contributed by atoms with Gasteiger partial charge in [0.1, 0.15) is 0 Å². The molecule has 0 saturated carbocycles. The first-order valence-electron chi connectivity index (χ1n) is 6.68. The number of nitrogens with one attached hydrogen (secondary N) is 1. The molecule has 2 aromatic carbocycles. The van der Waals surface area contributed by atoms with Gasteiger partial charge in [0.05, 0.1) is 0 Å². The van der Waals surface area contributed by atoms with E-state index in [1.165, 1.54) is 16.7 Å². The average Bonchev–Trinajstić information content (AvgIpc) is 2.40. The van der Waals surface area contributed by atoms with Gasteiger partial charge in [-0.25, -0.2) is 0 Å². The fourth-order valence-electron chi connectivity index (χ4n) is 2.16. The predicted octanol–water partition coefficient (Wildman–Crippen LogP) is 4.37. The second-order valence-electron chi connectivity index (χ2n) is 5.00. The minimum absolute atomic E-state index is 0.402. The van der Waals surface area contributed by atoms with Crippen LogP contribution in [-0.4, -0.2) is 6.04 Å². The Morgan fingerprint density at radius 3 is 2.32 bits per heavy atom. The molecule has 1 unspecified atom stereocenters. The molecule has 0 fully saturated rings. The Morgan fingerprint density at radius 1 is 1.00 bits per heavy atom. The zero-order chi connectivity index (χ0) is 13.7. The lowest BCUT2D eigenvalue weighted by atomic mass is 10.1. The van der Waals surface area contributed by atoms with Crippen LogP contribution in [0.1, 0.15) is 23.6 Å². The molecule has 2 aromatic rings. The number of aryl methyl sites for hydroxylation is 1. The molecule has 0 saturated heterocycles. The molecule has 0 spiro atoms. The molecular formula is C17H20ClN. The van der Waals surface area contributed by atoms with Gasteiger partial charge >= 0.3 is 0 Å². The Labute approximate surface area is 120 Å². The van der Waals surface area contributed by atoms with E-state index >= 15 is 0 Å². The fraction of sp³-hybridized carbons (Fsp3) is 0.294. The summed E-state index contributed by atoms with van der Waals surface area (Å²) < 4.78 is 0. The lowest BCUT2D eigenvalue weighted by Gasteiger charge is -2.15. The lowest BCUT2D eigenvalue weighted by Crippen LogP contribution is -2.27. The standard InChI is InChI=1S/C17H20ClN/c1-13-7-3-4-9-16(13)12-19-14(2)11-15-8-5-6-10-17(15)18/h3-10,14,19H,11-12H2,1-2H3. The summed E-state index contributed by atoms with van der Waals surface area (Å²) in [6.45, 7) is 5.25. The van der Waals surface area contributed by atoms with Gasteiger partial charge in [0.15, 0.2) is 0 Å². The molecular weight excluding hydrogens is 254 g/mol. The van der Waals surface area contributed by atoms with Crippen LogP contribution in [0.2, 0.25) is 5.02 Å². The van der Waals surface area contributed by atoms with Crippen LogP contribution in [0.5, 0.6) is 0 Å². The van der Waals surface area contributed by atoms with Crippen molar-refractivity contribution in [3.63, 3.8) is 0 Å². The summed E-state index contributed by atoms with van der Waals surface area (Å²) in [4.78, 5) is 0. The van der Waals surface area contributed by atoms with Crippen molar-refractivity contribution in [1.82, 2.24) is 5.32 Å². The molecule has 0 radical (unpaired) electrons. The summed E-state index contributed by atoms with van der Waals surface area (Å²) in [5.74, 6) is 0. The Balaban J connectivity index is 1.90. The molecule has 0 heterocycles. The molecule has 1 nitrogen and oxygen atoms in total. The number of benzene rings is 2. The highest BCUT2D eigenvalue weighted by Crippen LogP contribution is 2.16. The lowest BCUT2D eigenvalue weighted by molar-refractivity contribution is 0.544. The zero-order valence-electron chi connectivity index (χ0n) is 11.5. The number of rotatable bonds is 5. The molecule has 1 atom stereocenters. The van der Waals surface area contributed by atoms with Gasteiger partial charge in [-0.1, -0.05) is 54.1 Å². The smallest absolute Gasteiger partial charge is 0.0438 e. The Kier molecular flexibility index (Phi) is 5.00. The molecule has 2 heteroatoms. The third-order valence-electron chi connectivity index (χ3n) is 3.39. The molecule has 2 rings (SSSR count). The van der Waals surface area contributed by atoms with E-state index in [2.05, 4.69) is 49.5 Å². The molecule has 0 amide bonds. The van der Waals surface area contributed by atoms with E-state index in [9.17, 15) is 0 Å². The van der Waals surface area contributed by atoms with Crippen LogP contribution >= 0.6 is 11.6 Å². The normalized spacial score (nSPS) is 12.4. The third-order valence-corrected chi connectivity index (χ3v) is 3.75. The average molecular weight is 274 g/mol. The van der Waals surface area contributed by atoms with Crippen LogP contribution in [0.15, 0.2) is 48.5 Å². The Morgan fingerprint density at radius 2 is 1.63 bits per heavy atom. The van der Waals surface area contributed by atoms with Crippen molar-refractivity contribution >= 4 is 11.6 Å².